The summed E-state index contributed by atoms with van der Waals surface area (Å²) in [4.78, 5) is 12.6. The van der Waals surface area contributed by atoms with Gasteiger partial charge in [0.15, 0.2) is 0 Å². The largest absolute Gasteiger partial charge is 0.497 e. The van der Waals surface area contributed by atoms with Crippen molar-refractivity contribution >= 4 is 17.7 Å². The highest BCUT2D eigenvalue weighted by atomic mass is 16.5. The highest BCUT2D eigenvalue weighted by molar-refractivity contribution is 6.09. The zero-order valence-electron chi connectivity index (χ0n) is 18.0. The van der Waals surface area contributed by atoms with Crippen molar-refractivity contribution in [3.05, 3.63) is 76.6 Å². The fraction of sp³-hybridized carbons (Fsp3) is 0.208. The lowest BCUT2D eigenvalue weighted by atomic mass is 10.1. The Labute approximate surface area is 181 Å². The van der Waals surface area contributed by atoms with Crippen LogP contribution >= 0.6 is 0 Å². The number of anilines is 1. The summed E-state index contributed by atoms with van der Waals surface area (Å²) in [5.74, 6) is 0.914. The fourth-order valence-corrected chi connectivity index (χ4v) is 3.20. The third kappa shape index (κ3) is 5.31. The number of benzene rings is 2. The third-order valence-corrected chi connectivity index (χ3v) is 4.75. The lowest BCUT2D eigenvalue weighted by molar-refractivity contribution is -0.112. The van der Waals surface area contributed by atoms with Crippen molar-refractivity contribution in [1.29, 1.82) is 5.26 Å². The summed E-state index contributed by atoms with van der Waals surface area (Å²) in [6.45, 7) is 4.46. The number of methoxy groups -OCH3 is 2. The van der Waals surface area contributed by atoms with E-state index in [1.807, 2.05) is 48.9 Å². The number of nitriles is 1. The Morgan fingerprint density at radius 1 is 1.13 bits per heavy atom. The van der Waals surface area contributed by atoms with Gasteiger partial charge in [0.25, 0.3) is 5.91 Å². The Morgan fingerprint density at radius 3 is 2.45 bits per heavy atom. The van der Waals surface area contributed by atoms with Crippen LogP contribution in [0.1, 0.15) is 22.5 Å². The molecular formula is C24H24N4O3. The van der Waals surface area contributed by atoms with E-state index in [2.05, 4.69) is 10.4 Å². The molecule has 0 aliphatic rings. The van der Waals surface area contributed by atoms with Crippen LogP contribution in [0.2, 0.25) is 0 Å². The highest BCUT2D eigenvalue weighted by Gasteiger charge is 2.12. The predicted octanol–water partition coefficient (Wildman–Crippen LogP) is 4.11. The monoisotopic (exact) mass is 416 g/mol. The highest BCUT2D eigenvalue weighted by Crippen LogP contribution is 2.23. The molecule has 2 aromatic carbocycles. The van der Waals surface area contributed by atoms with Crippen LogP contribution in [0.3, 0.4) is 0 Å². The van der Waals surface area contributed by atoms with Gasteiger partial charge in [0, 0.05) is 16.9 Å². The van der Waals surface area contributed by atoms with E-state index in [-0.39, 0.29) is 5.57 Å². The van der Waals surface area contributed by atoms with E-state index in [1.165, 1.54) is 0 Å². The Kier molecular flexibility index (Phi) is 6.73. The van der Waals surface area contributed by atoms with E-state index in [0.29, 0.717) is 23.7 Å². The first-order chi connectivity index (χ1) is 14.9. The summed E-state index contributed by atoms with van der Waals surface area (Å²) in [6.07, 6.45) is 1.56. The smallest absolute Gasteiger partial charge is 0.266 e. The maximum Gasteiger partial charge on any atom is 0.266 e. The standard InChI is InChI=1S/C24H24N4O3/c1-16-11-17(2)28(27-16)15-20-13-18(5-10-23(20)31-4)12-19(14-25)24(29)26-21-6-8-22(30-3)9-7-21/h5-13H,15H2,1-4H3,(H,26,29)/b19-12+. The van der Waals surface area contributed by atoms with Crippen molar-refractivity contribution in [1.82, 2.24) is 9.78 Å². The molecule has 0 unspecified atom stereocenters. The minimum Gasteiger partial charge on any atom is -0.497 e. The van der Waals surface area contributed by atoms with Crippen LogP contribution in [0.5, 0.6) is 11.5 Å². The number of aromatic nitrogens is 2. The van der Waals surface area contributed by atoms with Crippen molar-refractivity contribution in [2.75, 3.05) is 19.5 Å². The van der Waals surface area contributed by atoms with E-state index in [4.69, 9.17) is 9.47 Å². The number of ether oxygens (including phenoxy) is 2. The summed E-state index contributed by atoms with van der Waals surface area (Å²) in [5, 5.41) is 16.7. The van der Waals surface area contributed by atoms with Crippen molar-refractivity contribution in [2.45, 2.75) is 20.4 Å². The minimum atomic E-state index is -0.483. The molecule has 7 heteroatoms. The molecule has 0 aliphatic heterocycles. The molecule has 31 heavy (non-hydrogen) atoms. The molecule has 1 aromatic heterocycles. The Hall–Kier alpha value is -4.05. The van der Waals surface area contributed by atoms with Crippen LogP contribution in [0.15, 0.2) is 54.1 Å². The number of hydrogen-bond acceptors (Lipinski definition) is 5. The fourth-order valence-electron chi connectivity index (χ4n) is 3.20. The van der Waals surface area contributed by atoms with Gasteiger partial charge in [-0.25, -0.2) is 0 Å². The molecular weight excluding hydrogens is 392 g/mol. The molecule has 3 aromatic rings. The maximum atomic E-state index is 12.6. The Morgan fingerprint density at radius 2 is 1.87 bits per heavy atom. The summed E-state index contributed by atoms with van der Waals surface area (Å²) in [5.41, 5.74) is 4.17. The van der Waals surface area contributed by atoms with Gasteiger partial charge >= 0.3 is 0 Å². The summed E-state index contributed by atoms with van der Waals surface area (Å²) in [6, 6.07) is 16.4. The maximum absolute atomic E-state index is 12.6. The topological polar surface area (TPSA) is 89.2 Å². The van der Waals surface area contributed by atoms with E-state index >= 15 is 0 Å². The Balaban J connectivity index is 1.84. The normalized spacial score (nSPS) is 11.0. The van der Waals surface area contributed by atoms with E-state index in [1.54, 1.807) is 44.6 Å². The van der Waals surface area contributed by atoms with Gasteiger partial charge in [-0.15, -0.1) is 0 Å². The number of amides is 1. The summed E-state index contributed by atoms with van der Waals surface area (Å²) < 4.78 is 12.5. The number of hydrogen-bond donors (Lipinski definition) is 1. The van der Waals surface area contributed by atoms with Gasteiger partial charge in [-0.3, -0.25) is 9.48 Å². The van der Waals surface area contributed by atoms with Gasteiger partial charge in [-0.05, 0) is 68.0 Å². The average Bonchev–Trinajstić information content (AvgIpc) is 3.09. The van der Waals surface area contributed by atoms with E-state index in [0.717, 1.165) is 22.5 Å². The first-order valence-corrected chi connectivity index (χ1v) is 9.68. The van der Waals surface area contributed by atoms with Crippen LogP contribution in [0.25, 0.3) is 6.08 Å². The van der Waals surface area contributed by atoms with Gasteiger partial charge in [0.2, 0.25) is 0 Å². The van der Waals surface area contributed by atoms with Gasteiger partial charge in [0.05, 0.1) is 26.5 Å². The number of nitrogens with one attached hydrogen (secondary N) is 1. The zero-order valence-corrected chi connectivity index (χ0v) is 18.0. The van der Waals surface area contributed by atoms with E-state index < -0.39 is 5.91 Å². The van der Waals surface area contributed by atoms with Gasteiger partial charge in [0.1, 0.15) is 23.1 Å². The molecule has 0 spiro atoms. The molecule has 7 nitrogen and oxygen atoms in total. The third-order valence-electron chi connectivity index (χ3n) is 4.75. The molecule has 0 aliphatic carbocycles. The van der Waals surface area contributed by atoms with Crippen molar-refractivity contribution < 1.29 is 14.3 Å². The molecule has 0 saturated heterocycles. The number of aryl methyl sites for hydroxylation is 2. The molecule has 1 N–H and O–H groups in total. The number of nitrogens with zero attached hydrogens (tertiary/aromatic N) is 3. The first kappa shape index (κ1) is 21.7. The second kappa shape index (κ2) is 9.63. The van der Waals surface area contributed by atoms with Crippen LogP contribution in [-0.4, -0.2) is 29.9 Å². The lowest BCUT2D eigenvalue weighted by Crippen LogP contribution is -2.13. The summed E-state index contributed by atoms with van der Waals surface area (Å²) >= 11 is 0. The molecule has 158 valence electrons. The van der Waals surface area contributed by atoms with Crippen molar-refractivity contribution in [2.24, 2.45) is 0 Å². The second-order valence-corrected chi connectivity index (χ2v) is 7.01. The zero-order chi connectivity index (χ0) is 22.4. The van der Waals surface area contributed by atoms with Crippen LogP contribution in [-0.2, 0) is 11.3 Å². The molecule has 3 rings (SSSR count). The molecule has 1 heterocycles. The minimum absolute atomic E-state index is 0.00181. The molecule has 0 radical (unpaired) electrons. The van der Waals surface area contributed by atoms with Crippen molar-refractivity contribution in [3.63, 3.8) is 0 Å². The van der Waals surface area contributed by atoms with Gasteiger partial charge in [-0.1, -0.05) is 6.07 Å². The molecule has 0 bridgehead atoms. The van der Waals surface area contributed by atoms with Crippen LogP contribution < -0.4 is 14.8 Å². The summed E-state index contributed by atoms with van der Waals surface area (Å²) in [7, 11) is 3.18. The van der Waals surface area contributed by atoms with Crippen molar-refractivity contribution in [3.8, 4) is 17.6 Å². The number of carbonyl (C=O) groups excluding carboxylic acids is 1. The lowest BCUT2D eigenvalue weighted by Gasteiger charge is -2.11. The number of rotatable bonds is 7. The molecule has 0 saturated carbocycles. The molecule has 1 amide bonds. The number of carbonyl (C=O) groups is 1. The molecule has 0 fully saturated rings. The van der Waals surface area contributed by atoms with Gasteiger partial charge in [-0.2, -0.15) is 10.4 Å². The second-order valence-electron chi connectivity index (χ2n) is 7.01. The first-order valence-electron chi connectivity index (χ1n) is 9.68. The average molecular weight is 416 g/mol. The van der Waals surface area contributed by atoms with E-state index in [9.17, 15) is 10.1 Å². The van der Waals surface area contributed by atoms with Crippen LogP contribution in [0.4, 0.5) is 5.69 Å². The Bertz CT molecular complexity index is 1150. The SMILES string of the molecule is COc1ccc(NC(=O)/C(C#N)=C/c2ccc(OC)c(Cn3nc(C)cc3C)c2)cc1. The quantitative estimate of drug-likeness (QED) is 0.462. The van der Waals surface area contributed by atoms with Crippen LogP contribution in [0, 0.1) is 25.2 Å². The molecule has 0 atom stereocenters. The predicted molar refractivity (Wildman–Crippen MR) is 119 cm³/mol. The van der Waals surface area contributed by atoms with Gasteiger partial charge < -0.3 is 14.8 Å².